The molecule has 1 atom stereocenters. The summed E-state index contributed by atoms with van der Waals surface area (Å²) in [5.74, 6) is -1.18. The van der Waals surface area contributed by atoms with E-state index in [1.165, 1.54) is 0 Å². The average Bonchev–Trinajstić information content (AvgIpc) is 3.29. The fraction of sp³-hybridized carbons (Fsp3) is 0.227. The number of nitrogens with zero attached hydrogens (tertiary/aromatic N) is 1. The van der Waals surface area contributed by atoms with Gasteiger partial charge in [-0.1, -0.05) is 11.6 Å². The summed E-state index contributed by atoms with van der Waals surface area (Å²) in [4.78, 5) is 41.0. The summed E-state index contributed by atoms with van der Waals surface area (Å²) in [5.41, 5.74) is 8.24. The van der Waals surface area contributed by atoms with Crippen LogP contribution < -0.4 is 11.1 Å². The van der Waals surface area contributed by atoms with Gasteiger partial charge in [0.25, 0.3) is 0 Å². The number of hydrogen-bond donors (Lipinski definition) is 3. The van der Waals surface area contributed by atoms with Gasteiger partial charge in [0.2, 0.25) is 17.7 Å². The summed E-state index contributed by atoms with van der Waals surface area (Å²) in [6, 6.07) is 12.0. The number of hydrogen-bond acceptors (Lipinski definition) is 3. The number of nitrogens with one attached hydrogen (secondary N) is 2. The number of carbonyl (C=O) groups excluding carboxylic acids is 3. The highest BCUT2D eigenvalue weighted by atomic mass is 35.5. The zero-order valence-electron chi connectivity index (χ0n) is 16.2. The van der Waals surface area contributed by atoms with Gasteiger partial charge in [-0.2, -0.15) is 0 Å². The number of aromatic amines is 1. The third-order valence-corrected chi connectivity index (χ3v) is 5.64. The molecule has 2 aromatic carbocycles. The molecule has 3 amide bonds. The van der Waals surface area contributed by atoms with E-state index in [-0.39, 0.29) is 18.2 Å². The molecule has 0 bridgehead atoms. The van der Waals surface area contributed by atoms with Crippen LogP contribution in [0.15, 0.2) is 48.7 Å². The number of aromatic nitrogens is 1. The Labute approximate surface area is 178 Å². The largest absolute Gasteiger partial charge is 0.366 e. The first kappa shape index (κ1) is 20.0. The Balaban J connectivity index is 1.35. The predicted octanol–water partition coefficient (Wildman–Crippen LogP) is 2.95. The van der Waals surface area contributed by atoms with Crippen LogP contribution in [0.3, 0.4) is 0 Å². The molecule has 7 nitrogen and oxygen atoms in total. The highest BCUT2D eigenvalue weighted by Crippen LogP contribution is 2.25. The quantitative estimate of drug-likeness (QED) is 0.566. The minimum atomic E-state index is -0.526. The minimum Gasteiger partial charge on any atom is -0.366 e. The number of primary amides is 1. The summed E-state index contributed by atoms with van der Waals surface area (Å²) in [7, 11) is 0. The van der Waals surface area contributed by atoms with Crippen molar-refractivity contribution in [2.75, 3.05) is 18.4 Å². The first-order chi connectivity index (χ1) is 14.4. The maximum Gasteiger partial charge on any atom is 0.248 e. The van der Waals surface area contributed by atoms with Crippen molar-refractivity contribution < 1.29 is 14.4 Å². The Bertz CT molecular complexity index is 1120. The van der Waals surface area contributed by atoms with Crippen molar-refractivity contribution in [1.29, 1.82) is 0 Å². The van der Waals surface area contributed by atoms with Gasteiger partial charge >= 0.3 is 0 Å². The van der Waals surface area contributed by atoms with Crippen LogP contribution >= 0.6 is 11.6 Å². The fourth-order valence-electron chi connectivity index (χ4n) is 3.74. The number of H-pyrrole nitrogens is 1. The van der Waals surface area contributed by atoms with Crippen LogP contribution in [-0.4, -0.2) is 40.7 Å². The molecule has 1 aliphatic heterocycles. The van der Waals surface area contributed by atoms with E-state index in [1.54, 1.807) is 29.2 Å². The number of fused-ring (bicyclic) bond motifs is 1. The van der Waals surface area contributed by atoms with Gasteiger partial charge in [-0.15, -0.1) is 0 Å². The highest BCUT2D eigenvalue weighted by molar-refractivity contribution is 6.31. The summed E-state index contributed by atoms with van der Waals surface area (Å²) in [5, 5.41) is 4.51. The molecule has 2 heterocycles. The van der Waals surface area contributed by atoms with Crippen molar-refractivity contribution in [2.24, 2.45) is 11.7 Å². The van der Waals surface area contributed by atoms with Gasteiger partial charge in [-0.3, -0.25) is 14.4 Å². The van der Waals surface area contributed by atoms with Crippen LogP contribution in [0.2, 0.25) is 5.02 Å². The number of anilines is 1. The van der Waals surface area contributed by atoms with Crippen LogP contribution in [0.25, 0.3) is 10.9 Å². The van der Waals surface area contributed by atoms with Gasteiger partial charge in [0.05, 0.1) is 5.92 Å². The maximum atomic E-state index is 12.6. The molecule has 0 saturated carbocycles. The lowest BCUT2D eigenvalue weighted by atomic mass is 10.1. The Hall–Kier alpha value is -3.32. The number of nitrogens with two attached hydrogens (primary N) is 1. The van der Waals surface area contributed by atoms with Crippen molar-refractivity contribution in [2.45, 2.75) is 12.8 Å². The third kappa shape index (κ3) is 4.16. The monoisotopic (exact) mass is 424 g/mol. The van der Waals surface area contributed by atoms with Gasteiger partial charge in [-0.25, -0.2) is 0 Å². The Morgan fingerprint density at radius 3 is 2.70 bits per heavy atom. The first-order valence-corrected chi connectivity index (χ1v) is 10.0. The van der Waals surface area contributed by atoms with Crippen molar-refractivity contribution in [3.63, 3.8) is 0 Å². The zero-order chi connectivity index (χ0) is 21.3. The van der Waals surface area contributed by atoms with Crippen LogP contribution in [0, 0.1) is 5.92 Å². The van der Waals surface area contributed by atoms with E-state index in [0.717, 1.165) is 16.5 Å². The lowest BCUT2D eigenvalue weighted by Gasteiger charge is -2.16. The van der Waals surface area contributed by atoms with Crippen molar-refractivity contribution in [3.8, 4) is 0 Å². The van der Waals surface area contributed by atoms with Crippen molar-refractivity contribution in [3.05, 3.63) is 64.8 Å². The molecule has 1 unspecified atom stereocenters. The second kappa shape index (κ2) is 8.20. The van der Waals surface area contributed by atoms with E-state index < -0.39 is 11.8 Å². The van der Waals surface area contributed by atoms with Crippen LogP contribution in [0.1, 0.15) is 22.3 Å². The Kier molecular flexibility index (Phi) is 5.46. The first-order valence-electron chi connectivity index (χ1n) is 9.65. The van der Waals surface area contributed by atoms with E-state index in [0.29, 0.717) is 35.8 Å². The second-order valence-corrected chi connectivity index (χ2v) is 7.86. The molecule has 4 N–H and O–H groups in total. The molecule has 0 radical (unpaired) electrons. The summed E-state index contributed by atoms with van der Waals surface area (Å²) in [6.45, 7) is 0.919. The summed E-state index contributed by atoms with van der Waals surface area (Å²) >= 11 is 6.10. The number of amides is 3. The normalized spacial score (nSPS) is 16.2. The summed E-state index contributed by atoms with van der Waals surface area (Å²) < 4.78 is 0. The lowest BCUT2D eigenvalue weighted by Crippen LogP contribution is -2.30. The maximum absolute atomic E-state index is 12.6. The molecule has 1 aliphatic rings. The van der Waals surface area contributed by atoms with Crippen LogP contribution in [0.4, 0.5) is 5.69 Å². The zero-order valence-corrected chi connectivity index (χ0v) is 16.9. The predicted molar refractivity (Wildman–Crippen MR) is 115 cm³/mol. The summed E-state index contributed by atoms with van der Waals surface area (Å²) in [6.07, 6.45) is 2.79. The number of likely N-dealkylation sites (tertiary alicyclic amines) is 1. The number of rotatable bonds is 6. The lowest BCUT2D eigenvalue weighted by molar-refractivity contribution is -0.128. The molecule has 1 aromatic heterocycles. The molecule has 30 heavy (non-hydrogen) atoms. The molecule has 4 rings (SSSR count). The molecule has 0 aliphatic carbocycles. The molecule has 8 heteroatoms. The van der Waals surface area contributed by atoms with E-state index in [9.17, 15) is 14.4 Å². The van der Waals surface area contributed by atoms with Gasteiger partial charge in [0.15, 0.2) is 0 Å². The van der Waals surface area contributed by atoms with E-state index in [1.807, 2.05) is 24.4 Å². The molecule has 3 aromatic rings. The average molecular weight is 425 g/mol. The van der Waals surface area contributed by atoms with Crippen molar-refractivity contribution >= 4 is 45.9 Å². The van der Waals surface area contributed by atoms with E-state index >= 15 is 0 Å². The molecule has 0 spiro atoms. The van der Waals surface area contributed by atoms with Gasteiger partial charge < -0.3 is 20.9 Å². The number of halogens is 1. The smallest absolute Gasteiger partial charge is 0.248 e. The van der Waals surface area contributed by atoms with Gasteiger partial charge in [-0.05, 0) is 54.4 Å². The molecule has 1 saturated heterocycles. The second-order valence-electron chi connectivity index (χ2n) is 7.43. The molecular formula is C22H21ClN4O3. The highest BCUT2D eigenvalue weighted by Gasteiger charge is 2.34. The Morgan fingerprint density at radius 2 is 1.97 bits per heavy atom. The van der Waals surface area contributed by atoms with Crippen molar-refractivity contribution in [1.82, 2.24) is 9.88 Å². The van der Waals surface area contributed by atoms with Gasteiger partial charge in [0.1, 0.15) is 0 Å². The number of benzene rings is 2. The van der Waals surface area contributed by atoms with E-state index in [2.05, 4.69) is 10.3 Å². The molecule has 1 fully saturated rings. The standard InChI is InChI=1S/C22H21ClN4O3/c23-16-3-6-19-18(10-16)14(11-25-19)7-8-27-12-15(9-20(27)28)22(30)26-17-4-1-13(2-5-17)21(24)29/h1-6,10-11,15,25H,7-9,12H2,(H2,24,29)(H,26,30). The molecular weight excluding hydrogens is 404 g/mol. The minimum absolute atomic E-state index is 0.0305. The van der Waals surface area contributed by atoms with E-state index in [4.69, 9.17) is 17.3 Å². The topological polar surface area (TPSA) is 108 Å². The number of carbonyl (C=O) groups is 3. The van der Waals surface area contributed by atoms with Gasteiger partial charge in [0, 0.05) is 52.9 Å². The van der Waals surface area contributed by atoms with Crippen LogP contribution in [-0.2, 0) is 16.0 Å². The SMILES string of the molecule is NC(=O)c1ccc(NC(=O)C2CC(=O)N(CCc3c[nH]c4ccc(Cl)cc34)C2)cc1. The third-order valence-electron chi connectivity index (χ3n) is 5.40. The Morgan fingerprint density at radius 1 is 1.20 bits per heavy atom. The van der Waals surface area contributed by atoms with Crippen LogP contribution in [0.5, 0.6) is 0 Å². The molecule has 154 valence electrons. The fourth-order valence-corrected chi connectivity index (χ4v) is 3.91.